The highest BCUT2D eigenvalue weighted by molar-refractivity contribution is 8.00. The number of carbonyl (C=O) groups is 1. The van der Waals surface area contributed by atoms with Crippen molar-refractivity contribution in [3.63, 3.8) is 0 Å². The lowest BCUT2D eigenvalue weighted by Crippen LogP contribution is -2.33. The molecule has 0 bridgehead atoms. The molecule has 1 atom stereocenters. The molecule has 0 fully saturated rings. The molecule has 1 unspecified atom stereocenters. The van der Waals surface area contributed by atoms with Gasteiger partial charge in [0.25, 0.3) is 0 Å². The minimum Gasteiger partial charge on any atom is -0.486 e. The van der Waals surface area contributed by atoms with Gasteiger partial charge in [-0.3, -0.25) is 4.79 Å². The van der Waals surface area contributed by atoms with Crippen LogP contribution in [0.1, 0.15) is 12.7 Å². The van der Waals surface area contributed by atoms with Gasteiger partial charge in [0.15, 0.2) is 11.0 Å². The maximum Gasteiger partial charge on any atom is 0.240 e. The van der Waals surface area contributed by atoms with Crippen LogP contribution in [0.15, 0.2) is 59.8 Å². The Hall–Kier alpha value is -2.51. The van der Waals surface area contributed by atoms with E-state index in [9.17, 15) is 4.79 Å². The molecule has 146 valence electrons. The van der Waals surface area contributed by atoms with Gasteiger partial charge in [-0.1, -0.05) is 41.6 Å². The first kappa shape index (κ1) is 20.2. The summed E-state index contributed by atoms with van der Waals surface area (Å²) in [7, 11) is 3.64. The van der Waals surface area contributed by atoms with Crippen molar-refractivity contribution in [3.05, 3.63) is 65.4 Å². The Bertz CT molecular complexity index is 931. The fraction of sp³-hybridized carbons (Fsp3) is 0.250. The van der Waals surface area contributed by atoms with Gasteiger partial charge < -0.3 is 14.2 Å². The third kappa shape index (κ3) is 4.85. The van der Waals surface area contributed by atoms with Gasteiger partial charge in [-0.15, -0.1) is 10.2 Å². The second-order valence-electron chi connectivity index (χ2n) is 6.19. The summed E-state index contributed by atoms with van der Waals surface area (Å²) in [4.78, 5) is 14.4. The number of hydrogen-bond donors (Lipinski definition) is 0. The van der Waals surface area contributed by atoms with Crippen LogP contribution < -0.4 is 9.64 Å². The van der Waals surface area contributed by atoms with Gasteiger partial charge in [-0.2, -0.15) is 0 Å². The number of ether oxygens (including phenoxy) is 1. The van der Waals surface area contributed by atoms with Crippen molar-refractivity contribution < 1.29 is 9.53 Å². The number of rotatable bonds is 7. The highest BCUT2D eigenvalue weighted by Crippen LogP contribution is 2.25. The van der Waals surface area contributed by atoms with E-state index in [2.05, 4.69) is 10.2 Å². The summed E-state index contributed by atoms with van der Waals surface area (Å²) in [5.41, 5.74) is 0.856. The third-order valence-electron chi connectivity index (χ3n) is 4.21. The molecule has 28 heavy (non-hydrogen) atoms. The summed E-state index contributed by atoms with van der Waals surface area (Å²) in [6.07, 6.45) is 0. The fourth-order valence-corrected chi connectivity index (χ4v) is 3.56. The summed E-state index contributed by atoms with van der Waals surface area (Å²) < 4.78 is 7.56. The lowest BCUT2D eigenvalue weighted by molar-refractivity contribution is -0.117. The number of benzene rings is 2. The predicted octanol–water partition coefficient (Wildman–Crippen LogP) is 4.19. The molecule has 0 spiro atoms. The summed E-state index contributed by atoms with van der Waals surface area (Å²) >= 11 is 7.25. The van der Waals surface area contributed by atoms with Crippen LogP contribution in [-0.2, 0) is 18.4 Å². The average Bonchev–Trinajstić information content (AvgIpc) is 3.06. The van der Waals surface area contributed by atoms with Crippen LogP contribution in [-0.4, -0.2) is 33.0 Å². The van der Waals surface area contributed by atoms with Crippen LogP contribution in [0.4, 0.5) is 5.69 Å². The van der Waals surface area contributed by atoms with Crippen molar-refractivity contribution in [3.8, 4) is 5.75 Å². The first-order valence-electron chi connectivity index (χ1n) is 8.71. The number of amides is 1. The topological polar surface area (TPSA) is 60.3 Å². The van der Waals surface area contributed by atoms with E-state index in [0.29, 0.717) is 21.8 Å². The standard InChI is InChI=1S/C20H21ClN4O2S/c1-14(19(26)24(2)16-7-5-4-6-8-16)28-20-23-22-18(25(20)3)13-27-17-11-9-15(21)10-12-17/h4-12,14H,13H2,1-3H3. The molecule has 0 aliphatic heterocycles. The number of halogens is 1. The molecule has 0 saturated heterocycles. The minimum absolute atomic E-state index is 0.00170. The Morgan fingerprint density at radius 3 is 2.54 bits per heavy atom. The number of hydrogen-bond acceptors (Lipinski definition) is 5. The Labute approximate surface area is 173 Å². The predicted molar refractivity (Wildman–Crippen MR) is 112 cm³/mol. The molecule has 3 rings (SSSR count). The summed E-state index contributed by atoms with van der Waals surface area (Å²) in [6.45, 7) is 2.14. The lowest BCUT2D eigenvalue weighted by Gasteiger charge is -2.20. The molecule has 0 saturated carbocycles. The van der Waals surface area contributed by atoms with Crippen LogP contribution in [0.2, 0.25) is 5.02 Å². The zero-order valence-electron chi connectivity index (χ0n) is 15.9. The van der Waals surface area contributed by atoms with Gasteiger partial charge in [0.2, 0.25) is 5.91 Å². The molecular formula is C20H21ClN4O2S. The van der Waals surface area contributed by atoms with Crippen LogP contribution in [0.5, 0.6) is 5.75 Å². The van der Waals surface area contributed by atoms with Crippen molar-refractivity contribution in [2.24, 2.45) is 7.05 Å². The molecule has 1 heterocycles. The highest BCUT2D eigenvalue weighted by atomic mass is 35.5. The molecular weight excluding hydrogens is 396 g/mol. The van der Waals surface area contributed by atoms with Gasteiger partial charge in [0.05, 0.1) is 5.25 Å². The van der Waals surface area contributed by atoms with Crippen molar-refractivity contribution in [2.75, 3.05) is 11.9 Å². The van der Waals surface area contributed by atoms with E-state index in [1.807, 2.05) is 48.9 Å². The van der Waals surface area contributed by atoms with Gasteiger partial charge in [-0.25, -0.2) is 0 Å². The van der Waals surface area contributed by atoms with E-state index in [4.69, 9.17) is 16.3 Å². The van der Waals surface area contributed by atoms with E-state index in [1.54, 1.807) is 36.2 Å². The zero-order chi connectivity index (χ0) is 20.1. The van der Waals surface area contributed by atoms with Crippen LogP contribution >= 0.6 is 23.4 Å². The number of anilines is 1. The summed E-state index contributed by atoms with van der Waals surface area (Å²) in [6, 6.07) is 16.7. The van der Waals surface area contributed by atoms with Crippen molar-refractivity contribution >= 4 is 35.0 Å². The monoisotopic (exact) mass is 416 g/mol. The maximum absolute atomic E-state index is 12.7. The Kier molecular flexibility index (Phi) is 6.59. The smallest absolute Gasteiger partial charge is 0.240 e. The fourth-order valence-electron chi connectivity index (χ4n) is 2.51. The molecule has 0 aliphatic carbocycles. The number of nitrogens with zero attached hydrogens (tertiary/aromatic N) is 4. The minimum atomic E-state index is -0.307. The van der Waals surface area contributed by atoms with Gasteiger partial charge in [0, 0.05) is 24.8 Å². The average molecular weight is 417 g/mol. The molecule has 8 heteroatoms. The first-order valence-corrected chi connectivity index (χ1v) is 9.97. The normalized spacial score (nSPS) is 11.9. The van der Waals surface area contributed by atoms with Crippen LogP contribution in [0, 0.1) is 0 Å². The van der Waals surface area contributed by atoms with Crippen molar-refractivity contribution in [2.45, 2.75) is 23.9 Å². The Morgan fingerprint density at radius 1 is 1.18 bits per heavy atom. The molecule has 0 N–H and O–H groups in total. The van der Waals surface area contributed by atoms with E-state index in [0.717, 1.165) is 5.69 Å². The van der Waals surface area contributed by atoms with E-state index < -0.39 is 0 Å². The first-order chi connectivity index (χ1) is 13.5. The Morgan fingerprint density at radius 2 is 1.86 bits per heavy atom. The maximum atomic E-state index is 12.7. The number of carbonyl (C=O) groups excluding carboxylic acids is 1. The van der Waals surface area contributed by atoms with E-state index in [-0.39, 0.29) is 17.8 Å². The molecule has 0 radical (unpaired) electrons. The molecule has 2 aromatic carbocycles. The molecule has 1 aromatic heterocycles. The van der Waals surface area contributed by atoms with Crippen LogP contribution in [0.25, 0.3) is 0 Å². The largest absolute Gasteiger partial charge is 0.486 e. The van der Waals surface area contributed by atoms with Gasteiger partial charge in [-0.05, 0) is 43.3 Å². The number of para-hydroxylation sites is 1. The second kappa shape index (κ2) is 9.12. The molecule has 3 aromatic rings. The number of aromatic nitrogens is 3. The SMILES string of the molecule is CC(Sc1nnc(COc2ccc(Cl)cc2)n1C)C(=O)N(C)c1ccccc1. The Balaban J connectivity index is 1.61. The zero-order valence-corrected chi connectivity index (χ0v) is 17.4. The van der Waals surface area contributed by atoms with Gasteiger partial charge in [0.1, 0.15) is 12.4 Å². The van der Waals surface area contributed by atoms with Crippen LogP contribution in [0.3, 0.4) is 0 Å². The highest BCUT2D eigenvalue weighted by Gasteiger charge is 2.22. The van der Waals surface area contributed by atoms with Gasteiger partial charge >= 0.3 is 0 Å². The molecule has 6 nitrogen and oxygen atoms in total. The van der Waals surface area contributed by atoms with Crippen molar-refractivity contribution in [1.29, 1.82) is 0 Å². The van der Waals surface area contributed by atoms with Crippen molar-refractivity contribution in [1.82, 2.24) is 14.8 Å². The van der Waals surface area contributed by atoms with E-state index in [1.165, 1.54) is 11.8 Å². The summed E-state index contributed by atoms with van der Waals surface area (Å²) in [5.74, 6) is 1.38. The third-order valence-corrected chi connectivity index (χ3v) is 5.58. The molecule has 1 amide bonds. The molecule has 0 aliphatic rings. The number of thioether (sulfide) groups is 1. The van der Waals surface area contributed by atoms with E-state index >= 15 is 0 Å². The quantitative estimate of drug-likeness (QED) is 0.540. The lowest BCUT2D eigenvalue weighted by atomic mass is 10.3. The summed E-state index contributed by atoms with van der Waals surface area (Å²) in [5, 5.41) is 9.39. The second-order valence-corrected chi connectivity index (χ2v) is 7.94.